The molecule has 0 aromatic heterocycles. The molecule has 2 aromatic rings. The Morgan fingerprint density at radius 3 is 2.36 bits per heavy atom. The summed E-state index contributed by atoms with van der Waals surface area (Å²) in [7, 11) is 0. The molecule has 0 spiro atoms. The molecule has 7 nitrogen and oxygen atoms in total. The molecule has 0 radical (unpaired) electrons. The van der Waals surface area contributed by atoms with E-state index in [9.17, 15) is 18.8 Å². The fourth-order valence-corrected chi connectivity index (χ4v) is 3.96. The summed E-state index contributed by atoms with van der Waals surface area (Å²) < 4.78 is 13.1. The summed E-state index contributed by atoms with van der Waals surface area (Å²) in [5, 5.41) is 5.64. The van der Waals surface area contributed by atoms with E-state index in [-0.39, 0.29) is 29.2 Å². The number of primary amides is 1. The van der Waals surface area contributed by atoms with Crippen molar-refractivity contribution in [3.05, 3.63) is 65.5 Å². The first kappa shape index (κ1) is 24.4. The Bertz CT molecular complexity index is 985. The number of nitrogens with two attached hydrogens (primary N) is 1. The number of nitrogens with zero attached hydrogens (tertiary/aromatic N) is 1. The summed E-state index contributed by atoms with van der Waals surface area (Å²) in [5.41, 5.74) is 7.38. The largest absolute Gasteiger partial charge is 0.369 e. The van der Waals surface area contributed by atoms with Crippen LogP contribution >= 0.6 is 0 Å². The van der Waals surface area contributed by atoms with Gasteiger partial charge in [-0.2, -0.15) is 0 Å². The predicted octanol–water partition coefficient (Wildman–Crippen LogP) is 2.92. The monoisotopic (exact) mass is 454 g/mol. The molecule has 33 heavy (non-hydrogen) atoms. The standard InChI is InChI=1S/C25H31FN4O3/c1-16(2)22(29-24(32)19-6-8-20(26)9-7-19)25(33)28-21-5-3-4-17(14-21)15-30-12-10-18(11-13-30)23(27)31/h3-9,14,16,18,22H,10-13,15H2,1-2H3,(H2,27,31)(H,28,33)(H,29,32). The van der Waals surface area contributed by atoms with Crippen molar-refractivity contribution >= 4 is 23.4 Å². The summed E-state index contributed by atoms with van der Waals surface area (Å²) in [6.45, 7) is 6.01. The highest BCUT2D eigenvalue weighted by atomic mass is 19.1. The molecule has 1 heterocycles. The molecular weight excluding hydrogens is 423 g/mol. The molecule has 1 fully saturated rings. The minimum absolute atomic E-state index is 0.0510. The quantitative estimate of drug-likeness (QED) is 0.570. The molecule has 1 saturated heterocycles. The maximum absolute atomic E-state index is 13.1. The summed E-state index contributed by atoms with van der Waals surface area (Å²) >= 11 is 0. The molecule has 0 bridgehead atoms. The van der Waals surface area contributed by atoms with Gasteiger partial charge in [0.05, 0.1) is 0 Å². The van der Waals surface area contributed by atoms with Crippen molar-refractivity contribution in [2.75, 3.05) is 18.4 Å². The van der Waals surface area contributed by atoms with Crippen LogP contribution in [0.1, 0.15) is 42.6 Å². The van der Waals surface area contributed by atoms with E-state index >= 15 is 0 Å². The number of amides is 3. The first-order valence-corrected chi connectivity index (χ1v) is 11.2. The van der Waals surface area contributed by atoms with Crippen molar-refractivity contribution in [1.29, 1.82) is 0 Å². The molecule has 1 aliphatic rings. The zero-order chi connectivity index (χ0) is 24.0. The molecular formula is C25H31FN4O3. The van der Waals surface area contributed by atoms with Gasteiger partial charge in [0.1, 0.15) is 11.9 Å². The van der Waals surface area contributed by atoms with E-state index in [0.717, 1.165) is 31.5 Å². The second-order valence-corrected chi connectivity index (χ2v) is 8.84. The zero-order valence-electron chi connectivity index (χ0n) is 19.0. The van der Waals surface area contributed by atoms with Gasteiger partial charge >= 0.3 is 0 Å². The maximum Gasteiger partial charge on any atom is 0.251 e. The number of carbonyl (C=O) groups is 3. The zero-order valence-corrected chi connectivity index (χ0v) is 19.0. The topological polar surface area (TPSA) is 105 Å². The Morgan fingerprint density at radius 1 is 1.09 bits per heavy atom. The van der Waals surface area contributed by atoms with Gasteiger partial charge in [0.25, 0.3) is 5.91 Å². The second-order valence-electron chi connectivity index (χ2n) is 8.84. The molecule has 1 aliphatic heterocycles. The van der Waals surface area contributed by atoms with Gasteiger partial charge < -0.3 is 16.4 Å². The molecule has 3 amide bonds. The lowest BCUT2D eigenvalue weighted by Gasteiger charge is -2.30. The third-order valence-corrected chi connectivity index (χ3v) is 5.93. The lowest BCUT2D eigenvalue weighted by Crippen LogP contribution is -2.47. The number of hydrogen-bond donors (Lipinski definition) is 3. The number of nitrogens with one attached hydrogen (secondary N) is 2. The van der Waals surface area contributed by atoms with Crippen LogP contribution in [0, 0.1) is 17.7 Å². The van der Waals surface area contributed by atoms with Gasteiger partial charge in [-0.05, 0) is 73.8 Å². The smallest absolute Gasteiger partial charge is 0.251 e. The van der Waals surface area contributed by atoms with Gasteiger partial charge in [0, 0.05) is 23.7 Å². The lowest BCUT2D eigenvalue weighted by atomic mass is 9.96. The highest BCUT2D eigenvalue weighted by Gasteiger charge is 2.25. The fourth-order valence-electron chi connectivity index (χ4n) is 3.96. The van der Waals surface area contributed by atoms with Crippen LogP contribution in [-0.4, -0.2) is 41.8 Å². The maximum atomic E-state index is 13.1. The lowest BCUT2D eigenvalue weighted by molar-refractivity contribution is -0.123. The number of hydrogen-bond acceptors (Lipinski definition) is 4. The van der Waals surface area contributed by atoms with Gasteiger partial charge in [0.15, 0.2) is 0 Å². The highest BCUT2D eigenvalue weighted by molar-refractivity contribution is 6.01. The van der Waals surface area contributed by atoms with Crippen LogP contribution in [0.2, 0.25) is 0 Å². The van der Waals surface area contributed by atoms with Gasteiger partial charge in [-0.25, -0.2) is 4.39 Å². The first-order chi connectivity index (χ1) is 15.7. The number of anilines is 1. The van der Waals surface area contributed by atoms with Crippen molar-refractivity contribution in [1.82, 2.24) is 10.2 Å². The Kier molecular flexibility index (Phi) is 8.16. The van der Waals surface area contributed by atoms with E-state index in [2.05, 4.69) is 15.5 Å². The van der Waals surface area contributed by atoms with Crippen LogP contribution in [0.25, 0.3) is 0 Å². The van der Waals surface area contributed by atoms with Gasteiger partial charge in [-0.3, -0.25) is 19.3 Å². The van der Waals surface area contributed by atoms with Crippen molar-refractivity contribution in [2.24, 2.45) is 17.6 Å². The molecule has 0 aliphatic carbocycles. The Labute approximate surface area is 193 Å². The van der Waals surface area contributed by atoms with Crippen molar-refractivity contribution in [2.45, 2.75) is 39.3 Å². The average Bonchev–Trinajstić information content (AvgIpc) is 2.78. The minimum Gasteiger partial charge on any atom is -0.369 e. The van der Waals surface area contributed by atoms with Crippen molar-refractivity contribution in [3.8, 4) is 0 Å². The molecule has 176 valence electrons. The Hall–Kier alpha value is -3.26. The second kappa shape index (κ2) is 11.0. The summed E-state index contributed by atoms with van der Waals surface area (Å²) in [5.74, 6) is -1.61. The number of halogens is 1. The molecule has 3 rings (SSSR count). The van der Waals surface area contributed by atoms with Crippen LogP contribution in [0.4, 0.5) is 10.1 Å². The van der Waals surface area contributed by atoms with Crippen LogP contribution in [0.5, 0.6) is 0 Å². The van der Waals surface area contributed by atoms with Gasteiger partial charge in [-0.15, -0.1) is 0 Å². The number of carbonyl (C=O) groups excluding carboxylic acids is 3. The molecule has 0 saturated carbocycles. The third kappa shape index (κ3) is 6.86. The number of likely N-dealkylation sites (tertiary alicyclic amines) is 1. The average molecular weight is 455 g/mol. The summed E-state index contributed by atoms with van der Waals surface area (Å²) in [6, 6.07) is 12.0. The number of piperidine rings is 1. The van der Waals surface area contributed by atoms with E-state index in [1.807, 2.05) is 32.0 Å². The summed E-state index contributed by atoms with van der Waals surface area (Å²) in [6.07, 6.45) is 1.52. The number of benzene rings is 2. The Morgan fingerprint density at radius 2 is 1.76 bits per heavy atom. The highest BCUT2D eigenvalue weighted by Crippen LogP contribution is 2.20. The van der Waals surface area contributed by atoms with Gasteiger partial charge in [0.2, 0.25) is 11.8 Å². The molecule has 1 unspecified atom stereocenters. The van der Waals surface area contributed by atoms with Crippen molar-refractivity contribution in [3.63, 3.8) is 0 Å². The number of rotatable bonds is 8. The summed E-state index contributed by atoms with van der Waals surface area (Å²) in [4.78, 5) is 39.1. The predicted molar refractivity (Wildman–Crippen MR) is 125 cm³/mol. The van der Waals surface area contributed by atoms with E-state index < -0.39 is 17.8 Å². The molecule has 1 atom stereocenters. The fraction of sp³-hybridized carbons (Fsp3) is 0.400. The SMILES string of the molecule is CC(C)C(NC(=O)c1ccc(F)cc1)C(=O)Nc1cccc(CN2CCC(C(N)=O)CC2)c1. The van der Waals surface area contributed by atoms with Crippen LogP contribution in [0.3, 0.4) is 0 Å². The van der Waals surface area contributed by atoms with Gasteiger partial charge in [-0.1, -0.05) is 26.0 Å². The Balaban J connectivity index is 1.60. The van der Waals surface area contributed by atoms with Crippen LogP contribution in [0.15, 0.2) is 48.5 Å². The molecule has 8 heteroatoms. The van der Waals surface area contributed by atoms with Crippen LogP contribution < -0.4 is 16.4 Å². The molecule has 4 N–H and O–H groups in total. The van der Waals surface area contributed by atoms with Crippen LogP contribution in [-0.2, 0) is 16.1 Å². The third-order valence-electron chi connectivity index (χ3n) is 5.93. The first-order valence-electron chi connectivity index (χ1n) is 11.2. The minimum atomic E-state index is -0.751. The van der Waals surface area contributed by atoms with E-state index in [4.69, 9.17) is 5.73 Å². The molecule has 2 aromatic carbocycles. The van der Waals surface area contributed by atoms with E-state index in [1.54, 1.807) is 6.07 Å². The normalized spacial score (nSPS) is 15.8. The van der Waals surface area contributed by atoms with E-state index in [1.165, 1.54) is 24.3 Å². The van der Waals surface area contributed by atoms with Crippen molar-refractivity contribution < 1.29 is 18.8 Å². The van der Waals surface area contributed by atoms with E-state index in [0.29, 0.717) is 12.2 Å².